The molecule has 3 atom stereocenters. The summed E-state index contributed by atoms with van der Waals surface area (Å²) in [5, 5.41) is 24.8. The second kappa shape index (κ2) is 16.9. The van der Waals surface area contributed by atoms with Crippen LogP contribution in [0.1, 0.15) is 71.5 Å². The smallest absolute Gasteiger partial charge is 0.336 e. The number of amides is 2. The van der Waals surface area contributed by atoms with Crippen molar-refractivity contribution in [3.63, 3.8) is 0 Å². The fourth-order valence-corrected chi connectivity index (χ4v) is 6.38. The van der Waals surface area contributed by atoms with E-state index in [1.54, 1.807) is 54.6 Å². The number of hydrogen-bond donors (Lipinski definition) is 5. The number of para-hydroxylation sites is 2. The number of nitrogen functional groups attached to an aromatic ring is 1. The van der Waals surface area contributed by atoms with Gasteiger partial charge in [-0.05, 0) is 60.4 Å². The molecule has 11 heteroatoms. The van der Waals surface area contributed by atoms with Crippen molar-refractivity contribution in [2.45, 2.75) is 62.1 Å². The van der Waals surface area contributed by atoms with Gasteiger partial charge in [-0.3, -0.25) is 9.59 Å². The van der Waals surface area contributed by atoms with Gasteiger partial charge in [0, 0.05) is 41.2 Å². The zero-order chi connectivity index (χ0) is 33.9. The van der Waals surface area contributed by atoms with Crippen molar-refractivity contribution in [2.24, 2.45) is 0 Å². The quantitative estimate of drug-likeness (QED) is 0.0545. The molecule has 4 aromatic carbocycles. The number of carbonyl (C=O) groups is 3. The Hall–Kier alpha value is -4.68. The van der Waals surface area contributed by atoms with Gasteiger partial charge >= 0.3 is 5.97 Å². The summed E-state index contributed by atoms with van der Waals surface area (Å²) in [5.74, 6) is -0.752. The minimum atomic E-state index is -0.977. The number of nitrogens with one attached hydrogen (secondary N) is 2. The fraction of sp³-hybridized carbons (Fsp3) is 0.270. The molecule has 5 rings (SSSR count). The van der Waals surface area contributed by atoms with Gasteiger partial charge in [-0.1, -0.05) is 60.7 Å². The second-order valence-corrected chi connectivity index (χ2v) is 12.5. The summed E-state index contributed by atoms with van der Waals surface area (Å²) in [5.41, 5.74) is 10.4. The van der Waals surface area contributed by atoms with E-state index < -0.39 is 12.3 Å². The number of aliphatic hydroxyl groups excluding tert-OH is 1. The Kier molecular flexibility index (Phi) is 12.2. The third-order valence-corrected chi connectivity index (χ3v) is 9.12. The number of ether oxygens (including phenoxy) is 2. The summed E-state index contributed by atoms with van der Waals surface area (Å²) in [6, 6.07) is 28.9. The van der Waals surface area contributed by atoms with Crippen LogP contribution in [0.4, 0.5) is 17.1 Å². The van der Waals surface area contributed by atoms with Gasteiger partial charge in [-0.15, -0.1) is 11.8 Å². The number of carboxylic acid groups (broad SMARTS) is 1. The van der Waals surface area contributed by atoms with Crippen LogP contribution in [0.5, 0.6) is 0 Å². The number of hydrogen-bond acceptors (Lipinski definition) is 8. The van der Waals surface area contributed by atoms with E-state index >= 15 is 0 Å². The van der Waals surface area contributed by atoms with Crippen molar-refractivity contribution in [3.05, 3.63) is 119 Å². The highest BCUT2D eigenvalue weighted by Gasteiger charge is 2.32. The lowest BCUT2D eigenvalue weighted by atomic mass is 10.0. The van der Waals surface area contributed by atoms with Crippen molar-refractivity contribution >= 4 is 46.6 Å². The van der Waals surface area contributed by atoms with Gasteiger partial charge in [0.25, 0.3) is 0 Å². The lowest BCUT2D eigenvalue weighted by Gasteiger charge is -2.36. The van der Waals surface area contributed by atoms with Gasteiger partial charge in [0.1, 0.15) is 0 Å². The van der Waals surface area contributed by atoms with E-state index in [1.807, 2.05) is 42.5 Å². The third kappa shape index (κ3) is 9.68. The van der Waals surface area contributed by atoms with Crippen molar-refractivity contribution in [2.75, 3.05) is 22.1 Å². The van der Waals surface area contributed by atoms with E-state index in [0.717, 1.165) is 16.7 Å². The van der Waals surface area contributed by atoms with Gasteiger partial charge in [0.05, 0.1) is 35.8 Å². The Morgan fingerprint density at radius 1 is 0.792 bits per heavy atom. The lowest BCUT2D eigenvalue weighted by molar-refractivity contribution is -0.245. The van der Waals surface area contributed by atoms with Crippen LogP contribution in [0.25, 0.3) is 0 Å². The van der Waals surface area contributed by atoms with Gasteiger partial charge in [0.2, 0.25) is 11.8 Å². The molecule has 0 spiro atoms. The highest BCUT2D eigenvalue weighted by atomic mass is 32.2. The summed E-state index contributed by atoms with van der Waals surface area (Å²) in [4.78, 5) is 37.2. The molecule has 250 valence electrons. The zero-order valence-electron chi connectivity index (χ0n) is 26.3. The van der Waals surface area contributed by atoms with E-state index in [2.05, 4.69) is 10.6 Å². The Bertz CT molecular complexity index is 1700. The average Bonchev–Trinajstić information content (AvgIpc) is 3.10. The molecule has 0 aliphatic carbocycles. The van der Waals surface area contributed by atoms with Crippen molar-refractivity contribution in [3.8, 4) is 0 Å². The molecule has 1 saturated heterocycles. The average molecular weight is 670 g/mol. The molecular formula is C37H39N3O7S. The Morgan fingerprint density at radius 2 is 1.44 bits per heavy atom. The van der Waals surface area contributed by atoms with Crippen molar-refractivity contribution < 1.29 is 34.1 Å². The predicted octanol–water partition coefficient (Wildman–Crippen LogP) is 6.93. The third-order valence-electron chi connectivity index (χ3n) is 7.92. The molecule has 1 aliphatic rings. The van der Waals surface area contributed by atoms with E-state index in [-0.39, 0.29) is 49.0 Å². The fourth-order valence-electron chi connectivity index (χ4n) is 5.32. The molecular weight excluding hydrogens is 630 g/mol. The molecule has 48 heavy (non-hydrogen) atoms. The number of aliphatic hydroxyl groups is 1. The number of anilines is 3. The molecule has 1 fully saturated rings. The maximum atomic E-state index is 12.6. The first-order valence-electron chi connectivity index (χ1n) is 15.8. The standard InChI is InChI=1S/C37H39N3O7S/c38-30-8-2-3-9-31(30)40-35(43)12-6-5-11-34(42)39-27-19-17-26(18-20-27)37-46-28(23-48-33-10-4-1-7-29(33)36(44)45)21-32(47-37)25-15-13-24(22-41)14-16-25/h1-4,7-10,13-20,28,32,37,41H,5-6,11-12,21-23,38H2,(H,39,42)(H,40,43)(H,44,45)/t28-,32+,37+/m1/s1. The van der Waals surface area contributed by atoms with Crippen LogP contribution in [0.2, 0.25) is 0 Å². The predicted molar refractivity (Wildman–Crippen MR) is 186 cm³/mol. The minimum Gasteiger partial charge on any atom is -0.478 e. The molecule has 0 aromatic heterocycles. The minimum absolute atomic E-state index is 0.0511. The molecule has 1 heterocycles. The molecule has 4 aromatic rings. The van der Waals surface area contributed by atoms with Crippen molar-refractivity contribution in [1.82, 2.24) is 0 Å². The van der Waals surface area contributed by atoms with E-state index in [4.69, 9.17) is 15.2 Å². The first-order chi connectivity index (χ1) is 23.3. The number of carboxylic acids is 1. The van der Waals surface area contributed by atoms with Gasteiger partial charge in [0.15, 0.2) is 6.29 Å². The SMILES string of the molecule is Nc1ccccc1NC(=O)CCCCC(=O)Nc1ccc([C@H]2O[C@@H](CSc3ccccc3C(=O)O)C[C@@H](c3ccc(CO)cc3)O2)cc1. The molecule has 1 aliphatic heterocycles. The number of aromatic carboxylic acids is 1. The number of thioether (sulfide) groups is 1. The molecule has 2 amide bonds. The Balaban J connectivity index is 1.16. The summed E-state index contributed by atoms with van der Waals surface area (Å²) < 4.78 is 12.8. The first kappa shape index (κ1) is 34.6. The van der Waals surface area contributed by atoms with Gasteiger partial charge in [-0.25, -0.2) is 4.79 Å². The van der Waals surface area contributed by atoms with E-state index in [1.165, 1.54) is 11.8 Å². The van der Waals surface area contributed by atoms with Gasteiger partial charge < -0.3 is 36.1 Å². The molecule has 0 bridgehead atoms. The maximum absolute atomic E-state index is 12.6. The lowest BCUT2D eigenvalue weighted by Crippen LogP contribution is -2.31. The number of carbonyl (C=O) groups excluding carboxylic acids is 2. The summed E-state index contributed by atoms with van der Waals surface area (Å²) in [6.07, 6.45) is 1.02. The zero-order valence-corrected chi connectivity index (χ0v) is 27.2. The van der Waals surface area contributed by atoms with Crippen LogP contribution >= 0.6 is 11.8 Å². The maximum Gasteiger partial charge on any atom is 0.336 e. The second-order valence-electron chi connectivity index (χ2n) is 11.5. The molecule has 6 N–H and O–H groups in total. The van der Waals surface area contributed by atoms with Crippen LogP contribution in [-0.4, -0.2) is 39.9 Å². The van der Waals surface area contributed by atoms with Crippen LogP contribution in [-0.2, 0) is 25.7 Å². The van der Waals surface area contributed by atoms with Crippen LogP contribution in [0, 0.1) is 0 Å². The van der Waals surface area contributed by atoms with Crippen LogP contribution in [0.3, 0.4) is 0 Å². The summed E-state index contributed by atoms with van der Waals surface area (Å²) in [7, 11) is 0. The number of benzene rings is 4. The largest absolute Gasteiger partial charge is 0.478 e. The summed E-state index contributed by atoms with van der Waals surface area (Å²) in [6.45, 7) is -0.0511. The molecule has 0 saturated carbocycles. The molecule has 0 unspecified atom stereocenters. The topological polar surface area (TPSA) is 160 Å². The molecule has 10 nitrogen and oxygen atoms in total. The normalized spacial score (nSPS) is 17.4. The van der Waals surface area contributed by atoms with Crippen LogP contribution in [0.15, 0.2) is 102 Å². The monoisotopic (exact) mass is 669 g/mol. The highest BCUT2D eigenvalue weighted by molar-refractivity contribution is 7.99. The number of nitrogens with two attached hydrogens (primary N) is 1. The highest BCUT2D eigenvalue weighted by Crippen LogP contribution is 2.40. The number of rotatable bonds is 14. The van der Waals surface area contributed by atoms with E-state index in [0.29, 0.717) is 47.0 Å². The number of unbranched alkanes of at least 4 members (excludes halogenated alkanes) is 1. The van der Waals surface area contributed by atoms with Gasteiger partial charge in [-0.2, -0.15) is 0 Å². The Morgan fingerprint density at radius 3 is 2.12 bits per heavy atom. The first-order valence-corrected chi connectivity index (χ1v) is 16.8. The molecule has 0 radical (unpaired) electrons. The Labute approximate surface area is 283 Å². The van der Waals surface area contributed by atoms with Crippen LogP contribution < -0.4 is 16.4 Å². The van der Waals surface area contributed by atoms with E-state index in [9.17, 15) is 24.6 Å². The van der Waals surface area contributed by atoms with Crippen molar-refractivity contribution in [1.29, 1.82) is 0 Å². The summed E-state index contributed by atoms with van der Waals surface area (Å²) >= 11 is 1.43.